The van der Waals surface area contributed by atoms with E-state index in [1.54, 1.807) is 6.07 Å². The number of nitrogens with zero attached hydrogens (tertiary/aromatic N) is 2. The molecule has 0 saturated heterocycles. The van der Waals surface area contributed by atoms with Crippen LogP contribution in [0, 0.1) is 11.3 Å². The van der Waals surface area contributed by atoms with Crippen LogP contribution in [-0.4, -0.2) is 31.4 Å². The summed E-state index contributed by atoms with van der Waals surface area (Å²) in [6, 6.07) is 7.85. The lowest BCUT2D eigenvalue weighted by atomic mass is 10.1. The number of aliphatic hydroxyl groups is 1. The Balaban J connectivity index is 2.21. The van der Waals surface area contributed by atoms with Gasteiger partial charge in [0.25, 0.3) is 0 Å². The van der Waals surface area contributed by atoms with Crippen LogP contribution in [0.5, 0.6) is 5.75 Å². The highest BCUT2D eigenvalue weighted by atomic mass is 16.5. The first-order chi connectivity index (χ1) is 8.26. The Morgan fingerprint density at radius 3 is 3.12 bits per heavy atom. The molecular formula is C13H16N2O2. The largest absolute Gasteiger partial charge is 0.489 e. The summed E-state index contributed by atoms with van der Waals surface area (Å²) in [6.07, 6.45) is 1.66. The van der Waals surface area contributed by atoms with E-state index in [0.29, 0.717) is 12.2 Å². The second-order valence-electron chi connectivity index (χ2n) is 4.24. The fourth-order valence-electron chi connectivity index (χ4n) is 2.08. The van der Waals surface area contributed by atoms with Crippen molar-refractivity contribution in [2.75, 3.05) is 25.2 Å². The molecule has 1 unspecified atom stereocenters. The Morgan fingerprint density at radius 1 is 1.59 bits per heavy atom. The molecule has 0 radical (unpaired) electrons. The normalized spacial score (nSPS) is 18.2. The smallest absolute Gasteiger partial charge is 0.142 e. The van der Waals surface area contributed by atoms with E-state index >= 15 is 0 Å². The number of nitriles is 1. The molecule has 0 amide bonds. The van der Waals surface area contributed by atoms with Crippen molar-refractivity contribution >= 4 is 5.69 Å². The van der Waals surface area contributed by atoms with Crippen LogP contribution in [0.25, 0.3) is 0 Å². The zero-order chi connectivity index (χ0) is 12.3. The molecule has 0 spiro atoms. The molecule has 4 nitrogen and oxygen atoms in total. The van der Waals surface area contributed by atoms with Gasteiger partial charge in [0.2, 0.25) is 0 Å². The van der Waals surface area contributed by atoms with E-state index in [1.165, 1.54) is 0 Å². The average molecular weight is 232 g/mol. The number of benzene rings is 1. The van der Waals surface area contributed by atoms with Gasteiger partial charge in [0.15, 0.2) is 0 Å². The number of hydrogen-bond donors (Lipinski definition) is 1. The van der Waals surface area contributed by atoms with Gasteiger partial charge in [-0.1, -0.05) is 0 Å². The van der Waals surface area contributed by atoms with Gasteiger partial charge in [-0.25, -0.2) is 0 Å². The lowest BCUT2D eigenvalue weighted by Crippen LogP contribution is -2.40. The molecule has 1 aromatic carbocycles. The van der Waals surface area contributed by atoms with Crippen LogP contribution in [0.3, 0.4) is 0 Å². The first-order valence-corrected chi connectivity index (χ1v) is 5.77. The van der Waals surface area contributed by atoms with Crippen LogP contribution in [0.2, 0.25) is 0 Å². The third-order valence-corrected chi connectivity index (χ3v) is 3.14. The van der Waals surface area contributed by atoms with E-state index in [4.69, 9.17) is 15.1 Å². The topological polar surface area (TPSA) is 56.5 Å². The Labute approximate surface area is 101 Å². The predicted octanol–water partition coefficient (Wildman–Crippen LogP) is 1.53. The van der Waals surface area contributed by atoms with E-state index in [-0.39, 0.29) is 12.6 Å². The van der Waals surface area contributed by atoms with Gasteiger partial charge in [-0.05, 0) is 31.0 Å². The number of hydrogen-bond acceptors (Lipinski definition) is 4. The van der Waals surface area contributed by atoms with Crippen LogP contribution in [0.4, 0.5) is 5.69 Å². The maximum absolute atomic E-state index is 8.89. The molecule has 0 aromatic heterocycles. The van der Waals surface area contributed by atoms with E-state index in [0.717, 1.165) is 24.3 Å². The SMILES string of the molecule is CN1c2cc(C#N)ccc2OCC1CCCO. The van der Waals surface area contributed by atoms with Crippen molar-refractivity contribution in [1.29, 1.82) is 5.26 Å². The molecule has 1 aliphatic heterocycles. The third-order valence-electron chi connectivity index (χ3n) is 3.14. The van der Waals surface area contributed by atoms with Gasteiger partial charge >= 0.3 is 0 Å². The molecule has 2 rings (SSSR count). The molecule has 0 fully saturated rings. The van der Waals surface area contributed by atoms with Gasteiger partial charge in [0.05, 0.1) is 23.4 Å². The Bertz CT molecular complexity index is 440. The van der Waals surface area contributed by atoms with E-state index in [1.807, 2.05) is 19.2 Å². The molecule has 1 heterocycles. The Hall–Kier alpha value is -1.73. The summed E-state index contributed by atoms with van der Waals surface area (Å²) < 4.78 is 5.67. The molecule has 4 heteroatoms. The van der Waals surface area contributed by atoms with Gasteiger partial charge in [0, 0.05) is 13.7 Å². The molecule has 1 aromatic rings. The summed E-state index contributed by atoms with van der Waals surface area (Å²) in [6.45, 7) is 0.838. The van der Waals surface area contributed by atoms with Crippen LogP contribution in [-0.2, 0) is 0 Å². The van der Waals surface area contributed by atoms with Gasteiger partial charge in [-0.2, -0.15) is 5.26 Å². The maximum Gasteiger partial charge on any atom is 0.142 e. The molecule has 0 bridgehead atoms. The highest BCUT2D eigenvalue weighted by Gasteiger charge is 2.24. The molecule has 90 valence electrons. The van der Waals surface area contributed by atoms with Crippen LogP contribution >= 0.6 is 0 Å². The molecule has 0 aliphatic carbocycles. The zero-order valence-corrected chi connectivity index (χ0v) is 9.89. The Morgan fingerprint density at radius 2 is 2.41 bits per heavy atom. The maximum atomic E-state index is 8.89. The standard InChI is InChI=1S/C13H16N2O2/c1-15-11(3-2-6-16)9-17-13-5-4-10(8-14)7-12(13)15/h4-5,7,11,16H,2-3,6,9H2,1H3. The minimum Gasteiger partial charge on any atom is -0.489 e. The second kappa shape index (κ2) is 5.07. The van der Waals surface area contributed by atoms with Crippen molar-refractivity contribution in [3.05, 3.63) is 23.8 Å². The van der Waals surface area contributed by atoms with Crippen LogP contribution < -0.4 is 9.64 Å². The summed E-state index contributed by atoms with van der Waals surface area (Å²) in [5.41, 5.74) is 1.60. The summed E-state index contributed by atoms with van der Waals surface area (Å²) in [5, 5.41) is 17.7. The number of rotatable bonds is 3. The average Bonchev–Trinajstić information content (AvgIpc) is 2.38. The van der Waals surface area contributed by atoms with Gasteiger partial charge < -0.3 is 14.7 Å². The van der Waals surface area contributed by atoms with E-state index < -0.39 is 0 Å². The number of fused-ring (bicyclic) bond motifs is 1. The second-order valence-corrected chi connectivity index (χ2v) is 4.24. The molecule has 1 aliphatic rings. The molecule has 0 saturated carbocycles. The first kappa shape index (κ1) is 11.7. The number of anilines is 1. The van der Waals surface area contributed by atoms with Gasteiger partial charge in [0.1, 0.15) is 12.4 Å². The van der Waals surface area contributed by atoms with Gasteiger partial charge in [-0.15, -0.1) is 0 Å². The highest BCUT2D eigenvalue weighted by molar-refractivity contribution is 5.63. The van der Waals surface area contributed by atoms with Crippen molar-refractivity contribution in [3.63, 3.8) is 0 Å². The van der Waals surface area contributed by atoms with Crippen LogP contribution in [0.1, 0.15) is 18.4 Å². The van der Waals surface area contributed by atoms with Crippen LogP contribution in [0.15, 0.2) is 18.2 Å². The highest BCUT2D eigenvalue weighted by Crippen LogP contribution is 2.34. The van der Waals surface area contributed by atoms with Crippen molar-refractivity contribution in [2.45, 2.75) is 18.9 Å². The van der Waals surface area contributed by atoms with Crippen molar-refractivity contribution in [1.82, 2.24) is 0 Å². The fraction of sp³-hybridized carbons (Fsp3) is 0.462. The quantitative estimate of drug-likeness (QED) is 0.858. The van der Waals surface area contributed by atoms with Crippen molar-refractivity contribution in [3.8, 4) is 11.8 Å². The minimum absolute atomic E-state index is 0.204. The summed E-state index contributed by atoms with van der Waals surface area (Å²) in [5.74, 6) is 0.826. The zero-order valence-electron chi connectivity index (χ0n) is 9.89. The lowest BCUT2D eigenvalue weighted by molar-refractivity contribution is 0.236. The van der Waals surface area contributed by atoms with Gasteiger partial charge in [-0.3, -0.25) is 0 Å². The molecule has 1 N–H and O–H groups in total. The van der Waals surface area contributed by atoms with E-state index in [9.17, 15) is 0 Å². The number of aliphatic hydroxyl groups excluding tert-OH is 1. The van der Waals surface area contributed by atoms with E-state index in [2.05, 4.69) is 11.0 Å². The summed E-state index contributed by atoms with van der Waals surface area (Å²) in [7, 11) is 2.00. The third kappa shape index (κ3) is 2.34. The van der Waals surface area contributed by atoms with Crippen molar-refractivity contribution < 1.29 is 9.84 Å². The minimum atomic E-state index is 0.204. The fourth-order valence-corrected chi connectivity index (χ4v) is 2.08. The molecule has 17 heavy (non-hydrogen) atoms. The summed E-state index contributed by atoms with van der Waals surface area (Å²) >= 11 is 0. The lowest BCUT2D eigenvalue weighted by Gasteiger charge is -2.35. The molecule has 1 atom stereocenters. The molecular weight excluding hydrogens is 216 g/mol. The summed E-state index contributed by atoms with van der Waals surface area (Å²) in [4.78, 5) is 2.13. The monoisotopic (exact) mass is 232 g/mol. The number of likely N-dealkylation sites (N-methyl/N-ethyl adjacent to an activating group) is 1. The first-order valence-electron chi connectivity index (χ1n) is 5.77. The van der Waals surface area contributed by atoms with Crippen molar-refractivity contribution in [2.24, 2.45) is 0 Å². The Kier molecular flexibility index (Phi) is 3.50. The predicted molar refractivity (Wildman–Crippen MR) is 65.2 cm³/mol. The number of ether oxygens (including phenoxy) is 1.